The standard InChI is InChI=1S/C54H72N6/c1-7-43-49-31-55-25-37-16-13-18-39(22-37)28-58-34-52-46(10-4)53-35-59-29-40-19-14-17-38(23-40)26-56-32-50(43)45(9-3)51(44(49)8-2)33-57-27-41-20-15-21-42(24-41)30-60-36-54(47(52)11-5)48(53)12-6/h13-24,55-60H,7-12,25-36H2,1-6H3. The lowest BCUT2D eigenvalue weighted by Crippen LogP contribution is -2.25. The van der Waals surface area contributed by atoms with Crippen molar-refractivity contribution < 1.29 is 0 Å². The Balaban J connectivity index is 1.38. The van der Waals surface area contributed by atoms with Crippen LogP contribution in [0.1, 0.15) is 142 Å². The largest absolute Gasteiger partial charge is 0.309 e. The van der Waals surface area contributed by atoms with Gasteiger partial charge >= 0.3 is 0 Å². The van der Waals surface area contributed by atoms with E-state index in [9.17, 15) is 0 Å². The van der Waals surface area contributed by atoms with Crippen LogP contribution in [0.25, 0.3) is 0 Å². The van der Waals surface area contributed by atoms with Crippen molar-refractivity contribution in [2.75, 3.05) is 0 Å². The first-order valence-electron chi connectivity index (χ1n) is 23.3. The van der Waals surface area contributed by atoms with Crippen LogP contribution < -0.4 is 31.9 Å². The number of hydrogen-bond donors (Lipinski definition) is 6. The third-order valence-electron chi connectivity index (χ3n) is 13.3. The van der Waals surface area contributed by atoms with Crippen LogP contribution in [-0.4, -0.2) is 0 Å². The Morgan fingerprint density at radius 2 is 0.433 bits per heavy atom. The van der Waals surface area contributed by atoms with Gasteiger partial charge in [0.1, 0.15) is 0 Å². The molecule has 6 heteroatoms. The van der Waals surface area contributed by atoms with Crippen LogP contribution in [0.5, 0.6) is 0 Å². The Morgan fingerprint density at radius 3 is 0.583 bits per heavy atom. The van der Waals surface area contributed by atoms with Crippen LogP contribution in [0.2, 0.25) is 0 Å². The van der Waals surface area contributed by atoms with Gasteiger partial charge in [-0.2, -0.15) is 0 Å². The van der Waals surface area contributed by atoms with Crippen LogP contribution in [0, 0.1) is 0 Å². The summed E-state index contributed by atoms with van der Waals surface area (Å²) in [7, 11) is 0. The maximum absolute atomic E-state index is 3.95. The average molecular weight is 805 g/mol. The molecular formula is C54H72N6. The third-order valence-corrected chi connectivity index (χ3v) is 13.3. The second-order valence-electron chi connectivity index (χ2n) is 16.9. The molecule has 0 saturated heterocycles. The predicted octanol–water partition coefficient (Wildman–Crippen LogP) is 9.43. The van der Waals surface area contributed by atoms with Gasteiger partial charge in [-0.3, -0.25) is 0 Å². The van der Waals surface area contributed by atoms with Crippen molar-refractivity contribution in [3.8, 4) is 0 Å². The molecule has 3 heterocycles. The molecule has 5 aromatic carbocycles. The highest BCUT2D eigenvalue weighted by Gasteiger charge is 2.23. The molecule has 0 radical (unpaired) electrons. The van der Waals surface area contributed by atoms with Crippen molar-refractivity contribution in [3.63, 3.8) is 0 Å². The predicted molar refractivity (Wildman–Crippen MR) is 252 cm³/mol. The van der Waals surface area contributed by atoms with E-state index < -0.39 is 0 Å². The molecule has 12 bridgehead atoms. The Morgan fingerprint density at radius 1 is 0.267 bits per heavy atom. The zero-order chi connectivity index (χ0) is 41.8. The first kappa shape index (κ1) is 43.9. The second-order valence-corrected chi connectivity index (χ2v) is 16.9. The quantitative estimate of drug-likeness (QED) is 0.103. The van der Waals surface area contributed by atoms with Gasteiger partial charge in [-0.05, 0) is 139 Å². The van der Waals surface area contributed by atoms with E-state index in [0.29, 0.717) is 0 Å². The first-order chi connectivity index (χ1) is 29.5. The second kappa shape index (κ2) is 21.6. The molecule has 3 aliphatic heterocycles. The Hall–Kier alpha value is -4.14. The minimum Gasteiger partial charge on any atom is -0.309 e. The molecule has 0 aromatic heterocycles. The summed E-state index contributed by atoms with van der Waals surface area (Å²) in [6.07, 6.45) is 6.13. The van der Waals surface area contributed by atoms with E-state index in [0.717, 1.165) is 117 Å². The van der Waals surface area contributed by atoms with Gasteiger partial charge in [0.05, 0.1) is 0 Å². The number of rotatable bonds is 6. The first-order valence-corrected chi connectivity index (χ1v) is 23.3. The summed E-state index contributed by atoms with van der Waals surface area (Å²) in [4.78, 5) is 0. The number of fused-ring (bicyclic) bond motifs is 12. The van der Waals surface area contributed by atoms with E-state index in [1.807, 2.05) is 0 Å². The van der Waals surface area contributed by atoms with Gasteiger partial charge in [0.25, 0.3) is 0 Å². The summed E-state index contributed by atoms with van der Waals surface area (Å²) in [5, 5.41) is 23.7. The van der Waals surface area contributed by atoms with Gasteiger partial charge in [0.2, 0.25) is 0 Å². The van der Waals surface area contributed by atoms with Gasteiger partial charge in [0.15, 0.2) is 0 Å². The lowest BCUT2D eigenvalue weighted by molar-refractivity contribution is 0.636. The molecule has 0 amide bonds. The highest BCUT2D eigenvalue weighted by Crippen LogP contribution is 2.33. The van der Waals surface area contributed by atoms with E-state index in [-0.39, 0.29) is 0 Å². The summed E-state index contributed by atoms with van der Waals surface area (Å²) in [5.74, 6) is 0. The molecule has 318 valence electrons. The van der Waals surface area contributed by atoms with Crippen molar-refractivity contribution >= 4 is 0 Å². The molecule has 0 atom stereocenters. The van der Waals surface area contributed by atoms with Gasteiger partial charge < -0.3 is 31.9 Å². The minimum absolute atomic E-state index is 0.842. The molecule has 60 heavy (non-hydrogen) atoms. The average Bonchev–Trinajstić information content (AvgIpc) is 3.26. The highest BCUT2D eigenvalue weighted by molar-refractivity contribution is 5.54. The van der Waals surface area contributed by atoms with Crippen molar-refractivity contribution in [1.82, 2.24) is 31.9 Å². The Labute approximate surface area is 362 Å². The van der Waals surface area contributed by atoms with E-state index in [2.05, 4.69) is 146 Å². The summed E-state index contributed by atoms with van der Waals surface area (Å²) in [6.45, 7) is 24.4. The van der Waals surface area contributed by atoms with Crippen molar-refractivity contribution in [3.05, 3.63) is 173 Å². The summed E-state index contributed by atoms with van der Waals surface area (Å²) in [6, 6.07) is 27.6. The van der Waals surface area contributed by atoms with Crippen molar-refractivity contribution in [2.24, 2.45) is 0 Å². The van der Waals surface area contributed by atoms with Crippen LogP contribution in [0.4, 0.5) is 0 Å². The summed E-state index contributed by atoms with van der Waals surface area (Å²) >= 11 is 0. The molecule has 6 nitrogen and oxygen atoms in total. The molecule has 3 aliphatic rings. The van der Waals surface area contributed by atoms with Crippen LogP contribution in [0.3, 0.4) is 0 Å². The van der Waals surface area contributed by atoms with E-state index in [1.54, 1.807) is 0 Å². The highest BCUT2D eigenvalue weighted by atomic mass is 14.9. The zero-order valence-corrected chi connectivity index (χ0v) is 37.7. The normalized spacial score (nSPS) is 15.7. The third kappa shape index (κ3) is 10.1. The maximum atomic E-state index is 3.95. The molecule has 6 N–H and O–H groups in total. The fraction of sp³-hybridized carbons (Fsp3) is 0.444. The summed E-state index contributed by atoms with van der Waals surface area (Å²) < 4.78 is 0. The number of nitrogens with one attached hydrogen (secondary N) is 6. The van der Waals surface area contributed by atoms with Crippen LogP contribution >= 0.6 is 0 Å². The lowest BCUT2D eigenvalue weighted by Gasteiger charge is -2.27. The fourth-order valence-electron chi connectivity index (χ4n) is 10.6. The number of hydrogen-bond acceptors (Lipinski definition) is 6. The molecule has 0 saturated carbocycles. The van der Waals surface area contributed by atoms with Crippen LogP contribution in [0.15, 0.2) is 72.8 Å². The molecule has 0 aliphatic carbocycles. The molecule has 0 fully saturated rings. The lowest BCUT2D eigenvalue weighted by atomic mass is 9.83. The van der Waals surface area contributed by atoms with E-state index in [1.165, 1.54) is 100 Å². The van der Waals surface area contributed by atoms with E-state index in [4.69, 9.17) is 0 Å². The molecule has 5 aromatic rings. The topological polar surface area (TPSA) is 72.2 Å². The molecule has 0 unspecified atom stereocenters. The summed E-state index contributed by atoms with van der Waals surface area (Å²) in [5.41, 5.74) is 26.2. The molecule has 0 spiro atoms. The van der Waals surface area contributed by atoms with Gasteiger partial charge in [-0.15, -0.1) is 0 Å². The smallest absolute Gasteiger partial charge is 0.0214 e. The Kier molecular flexibility index (Phi) is 15.8. The van der Waals surface area contributed by atoms with Gasteiger partial charge in [-0.1, -0.05) is 114 Å². The van der Waals surface area contributed by atoms with Crippen LogP contribution in [-0.2, 0) is 117 Å². The maximum Gasteiger partial charge on any atom is 0.0214 e. The van der Waals surface area contributed by atoms with Crippen molar-refractivity contribution in [1.29, 1.82) is 0 Å². The number of benzene rings is 5. The minimum atomic E-state index is 0.842. The van der Waals surface area contributed by atoms with Crippen molar-refractivity contribution in [2.45, 2.75) is 159 Å². The van der Waals surface area contributed by atoms with E-state index >= 15 is 0 Å². The fourth-order valence-corrected chi connectivity index (χ4v) is 10.6. The molecule has 8 rings (SSSR count). The Bertz CT molecular complexity index is 1790. The monoisotopic (exact) mass is 805 g/mol. The van der Waals surface area contributed by atoms with Gasteiger partial charge in [-0.25, -0.2) is 0 Å². The van der Waals surface area contributed by atoms with Gasteiger partial charge in [0, 0.05) is 78.5 Å². The zero-order valence-electron chi connectivity index (χ0n) is 37.7. The molecular weight excluding hydrogens is 733 g/mol. The SMILES string of the molecule is CCc1c2c(CC)c3c(CC)c1CNCc1cccc(c1)CNCc1c(CC)c(c(CC)c(c1CC)CNCc1cccc(c1)CNC3)CNCc1cccc(c1)CNC2.